The second-order valence-corrected chi connectivity index (χ2v) is 12.9. The van der Waals surface area contributed by atoms with E-state index in [1.54, 1.807) is 12.1 Å². The molecule has 1 aromatic heterocycles. The maximum Gasteiger partial charge on any atom is 0.393 e. The second kappa shape index (κ2) is 11.9. The number of carboxylic acids is 1. The van der Waals surface area contributed by atoms with E-state index in [0.29, 0.717) is 29.6 Å². The lowest BCUT2D eigenvalue weighted by Crippen LogP contribution is -2.34. The summed E-state index contributed by atoms with van der Waals surface area (Å²) in [6.45, 7) is 4.58. The van der Waals surface area contributed by atoms with Gasteiger partial charge in [-0.2, -0.15) is 0 Å². The minimum Gasteiger partial charge on any atom is -0.474 e. The fraction of sp³-hybridized carbons (Fsp3) is 0.538. The van der Waals surface area contributed by atoms with Crippen LogP contribution >= 0.6 is 11.3 Å². The van der Waals surface area contributed by atoms with E-state index in [4.69, 9.17) is 4.84 Å². The Bertz CT molecular complexity index is 1220. The number of nitrogens with zero attached hydrogens (tertiary/aromatic N) is 1. The maximum absolute atomic E-state index is 13.3. The maximum atomic E-state index is 13.3. The molecule has 0 bridgehead atoms. The first-order valence-electron chi connectivity index (χ1n) is 12.9. The fourth-order valence-corrected chi connectivity index (χ4v) is 7.56. The van der Waals surface area contributed by atoms with E-state index < -0.39 is 27.6 Å². The van der Waals surface area contributed by atoms with Crippen LogP contribution in [0, 0.1) is 5.92 Å². The Morgan fingerprint density at radius 2 is 1.95 bits per heavy atom. The highest BCUT2D eigenvalue weighted by atomic mass is 32.2. The zero-order valence-electron chi connectivity index (χ0n) is 21.3. The number of sulfonamides is 1. The van der Waals surface area contributed by atoms with Crippen molar-refractivity contribution in [3.05, 3.63) is 46.8 Å². The quantitative estimate of drug-likeness (QED) is 0.292. The molecule has 9 nitrogen and oxygen atoms in total. The van der Waals surface area contributed by atoms with Crippen LogP contribution in [0.1, 0.15) is 75.7 Å². The van der Waals surface area contributed by atoms with Crippen LogP contribution in [0.2, 0.25) is 0 Å². The van der Waals surface area contributed by atoms with E-state index in [-0.39, 0.29) is 4.21 Å². The third-order valence-corrected chi connectivity index (χ3v) is 10.2. The highest BCUT2D eigenvalue weighted by Gasteiger charge is 2.41. The largest absolute Gasteiger partial charge is 0.474 e. The Morgan fingerprint density at radius 1 is 1.22 bits per heavy atom. The van der Waals surface area contributed by atoms with E-state index in [1.165, 1.54) is 44.6 Å². The number of thiophene rings is 1. The SMILES string of the molecule is CCC1(c2ccc(S(=O)(=O)Nc3ccccc3CN[C@@H](C)CC3CCCCCC3)s2)N=C(C(=O)O)ON1. The molecule has 0 radical (unpaired) electrons. The molecule has 1 unspecified atom stereocenters. The van der Waals surface area contributed by atoms with Gasteiger partial charge < -0.3 is 15.3 Å². The number of nitrogens with one attached hydrogen (secondary N) is 3. The molecule has 2 aromatic rings. The zero-order valence-corrected chi connectivity index (χ0v) is 23.0. The molecule has 0 spiro atoms. The van der Waals surface area contributed by atoms with Gasteiger partial charge in [0.1, 0.15) is 4.21 Å². The summed E-state index contributed by atoms with van der Waals surface area (Å²) in [6.07, 6.45) is 9.45. The molecule has 0 saturated heterocycles. The van der Waals surface area contributed by atoms with Crippen LogP contribution in [0.3, 0.4) is 0 Å². The third kappa shape index (κ3) is 6.70. The Hall–Kier alpha value is -2.47. The third-order valence-electron chi connectivity index (χ3n) is 7.12. The van der Waals surface area contributed by atoms with Gasteiger partial charge in [0.05, 0.1) is 10.6 Å². The van der Waals surface area contributed by atoms with Gasteiger partial charge in [0.15, 0.2) is 5.66 Å². The minimum atomic E-state index is -3.87. The van der Waals surface area contributed by atoms with Gasteiger partial charge in [-0.05, 0) is 49.4 Å². The van der Waals surface area contributed by atoms with Gasteiger partial charge in [-0.15, -0.1) is 16.8 Å². The molecular formula is C26H36N4O5S2. The number of para-hydroxylation sites is 1. The fourth-order valence-electron chi connectivity index (χ4n) is 5.00. The van der Waals surface area contributed by atoms with E-state index >= 15 is 0 Å². The number of hydroxylamine groups is 1. The zero-order chi connectivity index (χ0) is 26.5. The smallest absolute Gasteiger partial charge is 0.393 e. The van der Waals surface area contributed by atoms with Crippen LogP contribution < -0.4 is 15.5 Å². The first-order valence-corrected chi connectivity index (χ1v) is 15.2. The predicted octanol–water partition coefficient (Wildman–Crippen LogP) is 4.97. The van der Waals surface area contributed by atoms with Crippen LogP contribution in [-0.4, -0.2) is 31.4 Å². The van der Waals surface area contributed by atoms with Crippen molar-refractivity contribution in [2.75, 3.05) is 4.72 Å². The lowest BCUT2D eigenvalue weighted by molar-refractivity contribution is -0.131. The molecule has 1 aromatic carbocycles. The Labute approximate surface area is 222 Å². The van der Waals surface area contributed by atoms with E-state index in [1.807, 2.05) is 25.1 Å². The molecular weight excluding hydrogens is 512 g/mol. The molecule has 2 aliphatic rings. The van der Waals surface area contributed by atoms with Crippen molar-refractivity contribution in [2.45, 2.75) is 87.7 Å². The standard InChI is InChI=1S/C26H36N4O5S2/c1-3-26(28-24(25(31)32)35-30-26)22-14-15-23(36-22)37(33,34)29-21-13-9-8-12-20(21)17-27-18(2)16-19-10-6-4-5-7-11-19/h8-9,12-15,18-19,27,29-30H,3-7,10-11,16-17H2,1-2H3,(H,31,32)/t18-,26?/m0/s1. The van der Waals surface area contributed by atoms with Crippen molar-refractivity contribution in [3.63, 3.8) is 0 Å². The first-order chi connectivity index (χ1) is 17.7. The molecule has 4 rings (SSSR count). The van der Waals surface area contributed by atoms with Crippen LogP contribution in [0.4, 0.5) is 5.69 Å². The van der Waals surface area contributed by atoms with Gasteiger partial charge in [0.2, 0.25) is 0 Å². The molecule has 2 heterocycles. The molecule has 11 heteroatoms. The summed E-state index contributed by atoms with van der Waals surface area (Å²) in [5, 5.41) is 12.8. The van der Waals surface area contributed by atoms with Gasteiger partial charge in [-0.3, -0.25) is 4.72 Å². The topological polar surface area (TPSA) is 129 Å². The Kier molecular flexibility index (Phi) is 8.89. The van der Waals surface area contributed by atoms with Crippen LogP contribution in [0.5, 0.6) is 0 Å². The molecule has 1 aliphatic carbocycles. The van der Waals surface area contributed by atoms with E-state index in [2.05, 4.69) is 27.4 Å². The number of hydrogen-bond donors (Lipinski definition) is 4. The van der Waals surface area contributed by atoms with Gasteiger partial charge in [-0.25, -0.2) is 18.2 Å². The molecule has 0 amide bonds. The average Bonchev–Trinajstić information content (AvgIpc) is 3.48. The minimum absolute atomic E-state index is 0.112. The predicted molar refractivity (Wildman–Crippen MR) is 145 cm³/mol. The molecule has 1 saturated carbocycles. The lowest BCUT2D eigenvalue weighted by Gasteiger charge is -2.21. The monoisotopic (exact) mass is 548 g/mol. The van der Waals surface area contributed by atoms with Crippen molar-refractivity contribution < 1.29 is 23.2 Å². The van der Waals surface area contributed by atoms with Gasteiger partial charge in [0, 0.05) is 12.6 Å². The Morgan fingerprint density at radius 3 is 2.62 bits per heavy atom. The number of rotatable bonds is 11. The molecule has 4 N–H and O–H groups in total. The number of anilines is 1. The summed E-state index contributed by atoms with van der Waals surface area (Å²) >= 11 is 1.03. The summed E-state index contributed by atoms with van der Waals surface area (Å²) < 4.78 is 29.4. The number of carbonyl (C=O) groups is 1. The van der Waals surface area contributed by atoms with Crippen LogP contribution in [-0.2, 0) is 31.9 Å². The van der Waals surface area contributed by atoms with Crippen LogP contribution in [0.15, 0.2) is 45.6 Å². The number of carboxylic acid groups (broad SMARTS) is 1. The molecule has 37 heavy (non-hydrogen) atoms. The molecule has 202 valence electrons. The first kappa shape index (κ1) is 27.6. The van der Waals surface area contributed by atoms with Crippen molar-refractivity contribution in [2.24, 2.45) is 10.9 Å². The van der Waals surface area contributed by atoms with Crippen molar-refractivity contribution in [3.8, 4) is 0 Å². The van der Waals surface area contributed by atoms with Gasteiger partial charge in [-0.1, -0.05) is 63.6 Å². The lowest BCUT2D eigenvalue weighted by atomic mass is 9.93. The molecule has 1 fully saturated rings. The van der Waals surface area contributed by atoms with Crippen LogP contribution in [0.25, 0.3) is 0 Å². The average molecular weight is 549 g/mol. The number of aliphatic carboxylic acids is 1. The summed E-state index contributed by atoms with van der Waals surface area (Å²) in [5.74, 6) is -0.982. The summed E-state index contributed by atoms with van der Waals surface area (Å²) in [5.41, 5.74) is 2.93. The summed E-state index contributed by atoms with van der Waals surface area (Å²) in [6, 6.07) is 10.9. The molecule has 1 aliphatic heterocycles. The number of benzene rings is 1. The number of hydrogen-bond acceptors (Lipinski definition) is 8. The summed E-state index contributed by atoms with van der Waals surface area (Å²) in [4.78, 5) is 21.0. The number of aliphatic imine (C=N–C) groups is 1. The van der Waals surface area contributed by atoms with Crippen molar-refractivity contribution >= 4 is 38.9 Å². The Balaban J connectivity index is 1.43. The highest BCUT2D eigenvalue weighted by Crippen LogP contribution is 2.37. The second-order valence-electron chi connectivity index (χ2n) is 9.90. The summed E-state index contributed by atoms with van der Waals surface area (Å²) in [7, 11) is -3.87. The molecule has 2 atom stereocenters. The van der Waals surface area contributed by atoms with Crippen molar-refractivity contribution in [1.29, 1.82) is 0 Å². The van der Waals surface area contributed by atoms with Gasteiger partial charge >= 0.3 is 11.9 Å². The normalized spacial score (nSPS) is 21.6. The van der Waals surface area contributed by atoms with E-state index in [9.17, 15) is 18.3 Å². The van der Waals surface area contributed by atoms with Crippen molar-refractivity contribution in [1.82, 2.24) is 10.8 Å². The van der Waals surface area contributed by atoms with E-state index in [0.717, 1.165) is 29.2 Å². The van der Waals surface area contributed by atoms with Gasteiger partial charge in [0.25, 0.3) is 10.0 Å². The highest BCUT2D eigenvalue weighted by molar-refractivity contribution is 7.94.